The molecule has 0 unspecified atom stereocenters. The lowest BCUT2D eigenvalue weighted by atomic mass is 10.3. The van der Waals surface area contributed by atoms with Crippen LogP contribution in [0.25, 0.3) is 5.32 Å². The summed E-state index contributed by atoms with van der Waals surface area (Å²) in [4.78, 5) is 11.7. The van der Waals surface area contributed by atoms with E-state index in [4.69, 9.17) is 0 Å². The van der Waals surface area contributed by atoms with Crippen LogP contribution in [0.3, 0.4) is 0 Å². The first-order chi connectivity index (χ1) is 6.31. The largest absolute Gasteiger partial charge is 0.878 e. The maximum Gasteiger partial charge on any atom is 0.137 e. The first-order valence-electron chi connectivity index (χ1n) is 3.60. The standard InChI is InChI=1S/C9H9N2O2/c1-2-11(7-13)9-5-3-4-8(6-12)10-9/h2-7,12H,1H2/q-1/p-1. The lowest BCUT2D eigenvalue weighted by Gasteiger charge is -2.31. The van der Waals surface area contributed by atoms with Gasteiger partial charge in [0, 0.05) is 0 Å². The molecule has 4 nitrogen and oxygen atoms in total. The summed E-state index contributed by atoms with van der Waals surface area (Å²) in [7, 11) is 0. The number of allylic oxidation sites excluding steroid dienone is 3. The second-order valence-electron chi connectivity index (χ2n) is 2.23. The Kier molecular flexibility index (Phi) is 2.92. The molecule has 0 atom stereocenters. The van der Waals surface area contributed by atoms with E-state index in [1.807, 2.05) is 0 Å². The van der Waals surface area contributed by atoms with Crippen molar-refractivity contribution in [1.82, 2.24) is 4.90 Å². The van der Waals surface area contributed by atoms with Gasteiger partial charge in [0.1, 0.15) is 6.41 Å². The number of carbonyl (C=O) groups is 1. The summed E-state index contributed by atoms with van der Waals surface area (Å²) in [5, 5.41) is 14.3. The number of nitrogens with zero attached hydrogens (tertiary/aromatic N) is 2. The zero-order chi connectivity index (χ0) is 9.68. The molecular weight excluding hydrogens is 168 g/mol. The van der Waals surface area contributed by atoms with Crippen molar-refractivity contribution in [2.75, 3.05) is 0 Å². The smallest absolute Gasteiger partial charge is 0.137 e. The third-order valence-corrected chi connectivity index (χ3v) is 1.45. The molecule has 1 aliphatic rings. The molecule has 0 bridgehead atoms. The van der Waals surface area contributed by atoms with E-state index in [2.05, 4.69) is 11.9 Å². The maximum absolute atomic E-state index is 10.5. The molecule has 1 rings (SSSR count). The maximum atomic E-state index is 10.5. The lowest BCUT2D eigenvalue weighted by Crippen LogP contribution is -2.14. The molecule has 0 radical (unpaired) electrons. The third-order valence-electron chi connectivity index (χ3n) is 1.45. The zero-order valence-corrected chi connectivity index (χ0v) is 6.88. The van der Waals surface area contributed by atoms with Crippen molar-refractivity contribution in [1.29, 1.82) is 0 Å². The van der Waals surface area contributed by atoms with E-state index >= 15 is 0 Å². The van der Waals surface area contributed by atoms with Gasteiger partial charge in [-0.2, -0.15) is 0 Å². The van der Waals surface area contributed by atoms with Gasteiger partial charge in [-0.25, -0.2) is 0 Å². The summed E-state index contributed by atoms with van der Waals surface area (Å²) >= 11 is 0. The molecule has 0 aromatic rings. The Balaban J connectivity index is 2.82. The Bertz CT molecular complexity index is 295. The van der Waals surface area contributed by atoms with Crippen molar-refractivity contribution in [3.05, 3.63) is 54.1 Å². The molecule has 4 heteroatoms. The van der Waals surface area contributed by atoms with E-state index in [0.717, 1.165) is 0 Å². The molecule has 0 saturated heterocycles. The molecule has 0 aromatic heterocycles. The van der Waals surface area contributed by atoms with Crippen LogP contribution in [-0.2, 0) is 4.79 Å². The second kappa shape index (κ2) is 4.15. The Morgan fingerprint density at radius 1 is 1.62 bits per heavy atom. The van der Waals surface area contributed by atoms with Gasteiger partial charge in [0.05, 0.1) is 0 Å². The fraction of sp³-hybridized carbons (Fsp3) is 0. The summed E-state index contributed by atoms with van der Waals surface area (Å²) in [6, 6.07) is 0. The van der Waals surface area contributed by atoms with Gasteiger partial charge in [0.15, 0.2) is 0 Å². The highest BCUT2D eigenvalue weighted by atomic mass is 16.2. The fourth-order valence-electron chi connectivity index (χ4n) is 0.840. The SMILES string of the molecule is C=CN(C=O)C1=CC=CC(=C[O-])[N-]1. The number of amides is 1. The van der Waals surface area contributed by atoms with Crippen LogP contribution < -0.4 is 5.11 Å². The Morgan fingerprint density at radius 3 is 2.92 bits per heavy atom. The van der Waals surface area contributed by atoms with E-state index in [9.17, 15) is 9.90 Å². The summed E-state index contributed by atoms with van der Waals surface area (Å²) < 4.78 is 0. The first kappa shape index (κ1) is 9.12. The predicted octanol–water partition coefficient (Wildman–Crippen LogP) is 0.575. The zero-order valence-electron chi connectivity index (χ0n) is 6.88. The molecular formula is C9H8N2O2-2. The van der Waals surface area contributed by atoms with Crippen molar-refractivity contribution >= 4 is 6.41 Å². The third kappa shape index (κ3) is 1.99. The highest BCUT2D eigenvalue weighted by molar-refractivity contribution is 5.58. The summed E-state index contributed by atoms with van der Waals surface area (Å²) in [5.41, 5.74) is 0.284. The minimum Gasteiger partial charge on any atom is -0.878 e. The van der Waals surface area contributed by atoms with E-state index in [0.29, 0.717) is 18.5 Å². The first-order valence-corrected chi connectivity index (χ1v) is 3.60. The van der Waals surface area contributed by atoms with Gasteiger partial charge in [-0.3, -0.25) is 0 Å². The fourth-order valence-corrected chi connectivity index (χ4v) is 0.840. The summed E-state index contributed by atoms with van der Waals surface area (Å²) in [6.07, 6.45) is 7.33. The average Bonchev–Trinajstić information content (AvgIpc) is 2.20. The molecule has 0 N–H and O–H groups in total. The highest BCUT2D eigenvalue weighted by Gasteiger charge is 1.96. The minimum absolute atomic E-state index is 0.284. The van der Waals surface area contributed by atoms with Crippen molar-refractivity contribution < 1.29 is 9.90 Å². The van der Waals surface area contributed by atoms with Crippen LogP contribution in [0, 0.1) is 0 Å². The van der Waals surface area contributed by atoms with Crippen LogP contribution in [0.2, 0.25) is 0 Å². The van der Waals surface area contributed by atoms with Crippen molar-refractivity contribution in [3.8, 4) is 0 Å². The molecule has 0 aromatic carbocycles. The number of hydrogen-bond donors (Lipinski definition) is 0. The van der Waals surface area contributed by atoms with Gasteiger partial charge in [-0.15, -0.1) is 12.8 Å². The second-order valence-corrected chi connectivity index (χ2v) is 2.23. The van der Waals surface area contributed by atoms with E-state index in [-0.39, 0.29) is 5.70 Å². The average molecular weight is 176 g/mol. The van der Waals surface area contributed by atoms with Gasteiger partial charge in [0.25, 0.3) is 0 Å². The van der Waals surface area contributed by atoms with Gasteiger partial charge in [-0.05, 0) is 0 Å². The molecule has 1 aliphatic heterocycles. The van der Waals surface area contributed by atoms with Gasteiger partial charge in [0.2, 0.25) is 0 Å². The van der Waals surface area contributed by atoms with Crippen LogP contribution in [0.15, 0.2) is 48.8 Å². The van der Waals surface area contributed by atoms with E-state index in [1.165, 1.54) is 11.1 Å². The van der Waals surface area contributed by atoms with Crippen LogP contribution >= 0.6 is 0 Å². The minimum atomic E-state index is 0.284. The van der Waals surface area contributed by atoms with E-state index in [1.54, 1.807) is 18.2 Å². The Labute approximate surface area is 76.2 Å². The Morgan fingerprint density at radius 2 is 2.38 bits per heavy atom. The molecule has 0 saturated carbocycles. The molecule has 13 heavy (non-hydrogen) atoms. The van der Waals surface area contributed by atoms with Crippen molar-refractivity contribution in [2.24, 2.45) is 0 Å². The lowest BCUT2D eigenvalue weighted by molar-refractivity contribution is -0.275. The van der Waals surface area contributed by atoms with Crippen LogP contribution in [0.5, 0.6) is 0 Å². The van der Waals surface area contributed by atoms with E-state index < -0.39 is 0 Å². The van der Waals surface area contributed by atoms with Gasteiger partial charge in [-0.1, -0.05) is 35.9 Å². The number of carbonyl (C=O) groups excluding carboxylic acids is 1. The topological polar surface area (TPSA) is 57.5 Å². The molecule has 0 fully saturated rings. The highest BCUT2D eigenvalue weighted by Crippen LogP contribution is 2.22. The summed E-state index contributed by atoms with van der Waals surface area (Å²) in [6.45, 7) is 3.43. The molecule has 1 amide bonds. The molecule has 0 spiro atoms. The normalized spacial score (nSPS) is 17.5. The van der Waals surface area contributed by atoms with Crippen LogP contribution in [-0.4, -0.2) is 11.3 Å². The van der Waals surface area contributed by atoms with Gasteiger partial charge >= 0.3 is 0 Å². The van der Waals surface area contributed by atoms with Crippen molar-refractivity contribution in [2.45, 2.75) is 0 Å². The van der Waals surface area contributed by atoms with Crippen LogP contribution in [0.4, 0.5) is 0 Å². The van der Waals surface area contributed by atoms with Crippen LogP contribution in [0.1, 0.15) is 0 Å². The Hall–Kier alpha value is -1.97. The molecule has 68 valence electrons. The van der Waals surface area contributed by atoms with Crippen molar-refractivity contribution in [3.63, 3.8) is 0 Å². The van der Waals surface area contributed by atoms with Gasteiger partial charge < -0.3 is 20.1 Å². The predicted molar refractivity (Wildman–Crippen MR) is 46.8 cm³/mol. The monoisotopic (exact) mass is 176 g/mol. The summed E-state index contributed by atoms with van der Waals surface area (Å²) in [5.74, 6) is 0.384. The quantitative estimate of drug-likeness (QED) is 0.466. The number of rotatable bonds is 3. The number of hydrogen-bond acceptors (Lipinski definition) is 2. The molecule has 1 heterocycles. The molecule has 0 aliphatic carbocycles.